The molecule has 0 saturated heterocycles. The summed E-state index contributed by atoms with van der Waals surface area (Å²) in [6.07, 6.45) is -1.00. The third kappa shape index (κ3) is 5.62. The Morgan fingerprint density at radius 2 is 1.68 bits per heavy atom. The minimum atomic E-state index is -3.82. The highest BCUT2D eigenvalue weighted by molar-refractivity contribution is 14.1. The molecule has 0 heterocycles. The van der Waals surface area contributed by atoms with E-state index in [0.29, 0.717) is 5.56 Å². The van der Waals surface area contributed by atoms with Crippen molar-refractivity contribution in [3.63, 3.8) is 0 Å². The number of carbonyl (C=O) groups is 2. The lowest BCUT2D eigenvalue weighted by Crippen LogP contribution is -2.34. The van der Waals surface area contributed by atoms with Gasteiger partial charge in [0.15, 0.2) is 6.10 Å². The molecule has 0 saturated carbocycles. The van der Waals surface area contributed by atoms with Crippen LogP contribution in [-0.4, -0.2) is 32.8 Å². The van der Waals surface area contributed by atoms with E-state index in [1.807, 2.05) is 0 Å². The summed E-state index contributed by atoms with van der Waals surface area (Å²) in [7, 11) is -3.82. The number of Topliss-reactive ketones (excluding diaryl/α,β-unsaturated/α-hetero) is 1. The zero-order chi connectivity index (χ0) is 18.4. The number of ketones is 1. The van der Waals surface area contributed by atoms with E-state index in [9.17, 15) is 18.0 Å². The molecule has 0 fully saturated rings. The molecule has 0 aliphatic rings. The number of esters is 1. The number of benzene rings is 2. The van der Waals surface area contributed by atoms with Gasteiger partial charge in [0, 0.05) is 9.13 Å². The van der Waals surface area contributed by atoms with Crippen molar-refractivity contribution in [2.75, 3.05) is 6.54 Å². The van der Waals surface area contributed by atoms with Gasteiger partial charge in [-0.1, -0.05) is 30.3 Å². The number of rotatable bonds is 7. The molecule has 132 valence electrons. The Kier molecular flexibility index (Phi) is 6.68. The van der Waals surface area contributed by atoms with Crippen LogP contribution in [0.3, 0.4) is 0 Å². The first-order chi connectivity index (χ1) is 11.8. The van der Waals surface area contributed by atoms with Crippen molar-refractivity contribution in [2.45, 2.75) is 17.9 Å². The average Bonchev–Trinajstić information content (AvgIpc) is 2.60. The third-order valence-electron chi connectivity index (χ3n) is 3.27. The van der Waals surface area contributed by atoms with Gasteiger partial charge in [-0.15, -0.1) is 0 Å². The minimum absolute atomic E-state index is 0.0501. The molecule has 0 radical (unpaired) electrons. The zero-order valence-electron chi connectivity index (χ0n) is 13.3. The van der Waals surface area contributed by atoms with Crippen LogP contribution in [0, 0.1) is 3.57 Å². The second kappa shape index (κ2) is 8.54. The summed E-state index contributed by atoms with van der Waals surface area (Å²) in [5.41, 5.74) is 0.419. The Labute approximate surface area is 159 Å². The molecule has 1 unspecified atom stereocenters. The predicted octanol–water partition coefficient (Wildman–Crippen LogP) is 2.38. The summed E-state index contributed by atoms with van der Waals surface area (Å²) in [6.45, 7) is 0.890. The van der Waals surface area contributed by atoms with Crippen LogP contribution in [0.5, 0.6) is 0 Å². The fourth-order valence-corrected chi connectivity index (χ4v) is 3.31. The number of hydrogen-bond donors (Lipinski definition) is 1. The molecule has 0 spiro atoms. The van der Waals surface area contributed by atoms with Crippen LogP contribution in [0.4, 0.5) is 0 Å². The second-order valence-corrected chi connectivity index (χ2v) is 8.15. The molecule has 8 heteroatoms. The van der Waals surface area contributed by atoms with Crippen molar-refractivity contribution in [3.05, 3.63) is 63.7 Å². The highest BCUT2D eigenvalue weighted by Gasteiger charge is 2.21. The van der Waals surface area contributed by atoms with Gasteiger partial charge in [0.05, 0.1) is 4.90 Å². The fraction of sp³-hybridized carbons (Fsp3) is 0.176. The second-order valence-electron chi connectivity index (χ2n) is 5.14. The molecule has 0 aliphatic carbocycles. The molecule has 1 N–H and O–H groups in total. The number of nitrogens with one attached hydrogen (secondary N) is 1. The summed E-state index contributed by atoms with van der Waals surface area (Å²) in [5, 5.41) is 0. The number of hydrogen-bond acceptors (Lipinski definition) is 5. The maximum absolute atomic E-state index is 12.1. The molecule has 0 bridgehead atoms. The van der Waals surface area contributed by atoms with Crippen LogP contribution in [0.1, 0.15) is 17.3 Å². The molecule has 0 amide bonds. The van der Waals surface area contributed by atoms with Crippen molar-refractivity contribution in [3.8, 4) is 0 Å². The zero-order valence-corrected chi connectivity index (χ0v) is 16.3. The lowest BCUT2D eigenvalue weighted by atomic mass is 10.1. The standard InChI is InChI=1S/C17H16INO5S/c1-12(17(21)13-5-3-2-4-6-13)24-16(20)11-19-25(22,23)15-9-7-14(18)8-10-15/h2-10,12,19H,11H2,1H3. The maximum Gasteiger partial charge on any atom is 0.321 e. The molecule has 2 aromatic rings. The number of ether oxygens (including phenoxy) is 1. The van der Waals surface area contributed by atoms with Crippen LogP contribution in [0.15, 0.2) is 59.5 Å². The van der Waals surface area contributed by atoms with Crippen molar-refractivity contribution >= 4 is 44.4 Å². The Hall–Kier alpha value is -1.78. The normalized spacial score (nSPS) is 12.4. The smallest absolute Gasteiger partial charge is 0.321 e. The van der Waals surface area contributed by atoms with Gasteiger partial charge in [0.25, 0.3) is 0 Å². The molecule has 6 nitrogen and oxygen atoms in total. The van der Waals surface area contributed by atoms with E-state index in [2.05, 4.69) is 27.3 Å². The van der Waals surface area contributed by atoms with Crippen molar-refractivity contribution < 1.29 is 22.7 Å². The van der Waals surface area contributed by atoms with Crippen LogP contribution in [0.25, 0.3) is 0 Å². The van der Waals surface area contributed by atoms with Gasteiger partial charge in [0.2, 0.25) is 15.8 Å². The largest absolute Gasteiger partial charge is 0.453 e. The first kappa shape index (κ1) is 19.5. The number of carbonyl (C=O) groups excluding carboxylic acids is 2. The Bertz CT molecular complexity index is 850. The van der Waals surface area contributed by atoms with E-state index in [-0.39, 0.29) is 10.7 Å². The van der Waals surface area contributed by atoms with E-state index in [1.165, 1.54) is 19.1 Å². The molecule has 2 aromatic carbocycles. The van der Waals surface area contributed by atoms with E-state index in [0.717, 1.165) is 3.57 Å². The first-order valence-corrected chi connectivity index (χ1v) is 9.90. The summed E-state index contributed by atoms with van der Waals surface area (Å²) in [6, 6.07) is 14.6. The average molecular weight is 473 g/mol. The molecular weight excluding hydrogens is 457 g/mol. The minimum Gasteiger partial charge on any atom is -0.453 e. The topological polar surface area (TPSA) is 89.5 Å². The highest BCUT2D eigenvalue weighted by Crippen LogP contribution is 2.12. The maximum atomic E-state index is 12.1. The van der Waals surface area contributed by atoms with Crippen LogP contribution >= 0.6 is 22.6 Å². The van der Waals surface area contributed by atoms with E-state index >= 15 is 0 Å². The fourth-order valence-electron chi connectivity index (χ4n) is 1.98. The number of halogens is 1. The van der Waals surface area contributed by atoms with Gasteiger partial charge in [0.1, 0.15) is 6.54 Å². The summed E-state index contributed by atoms with van der Waals surface area (Å²) in [5.74, 6) is -1.18. The van der Waals surface area contributed by atoms with E-state index < -0.39 is 28.6 Å². The first-order valence-electron chi connectivity index (χ1n) is 7.33. The Balaban J connectivity index is 1.91. The van der Waals surface area contributed by atoms with Crippen LogP contribution < -0.4 is 4.72 Å². The Morgan fingerprint density at radius 1 is 1.08 bits per heavy atom. The highest BCUT2D eigenvalue weighted by atomic mass is 127. The van der Waals surface area contributed by atoms with Crippen molar-refractivity contribution in [1.29, 1.82) is 0 Å². The summed E-state index contributed by atoms with van der Waals surface area (Å²) >= 11 is 2.06. The van der Waals surface area contributed by atoms with Gasteiger partial charge >= 0.3 is 5.97 Å². The lowest BCUT2D eigenvalue weighted by Gasteiger charge is -2.13. The quantitative estimate of drug-likeness (QED) is 0.379. The van der Waals surface area contributed by atoms with Crippen molar-refractivity contribution in [2.24, 2.45) is 0 Å². The molecule has 25 heavy (non-hydrogen) atoms. The van der Waals surface area contributed by atoms with E-state index in [1.54, 1.807) is 42.5 Å². The molecular formula is C17H16INO5S. The third-order valence-corrected chi connectivity index (χ3v) is 5.40. The van der Waals surface area contributed by atoms with E-state index in [4.69, 9.17) is 4.74 Å². The predicted molar refractivity (Wildman–Crippen MR) is 101 cm³/mol. The SMILES string of the molecule is CC(OC(=O)CNS(=O)(=O)c1ccc(I)cc1)C(=O)c1ccccc1. The van der Waals surface area contributed by atoms with Gasteiger partial charge in [-0.2, -0.15) is 4.72 Å². The van der Waals surface area contributed by atoms with Crippen molar-refractivity contribution in [1.82, 2.24) is 4.72 Å². The summed E-state index contributed by atoms with van der Waals surface area (Å²) in [4.78, 5) is 24.0. The molecule has 0 aromatic heterocycles. The Morgan fingerprint density at radius 3 is 2.28 bits per heavy atom. The van der Waals surface area contributed by atoms with Gasteiger partial charge in [-0.3, -0.25) is 9.59 Å². The van der Waals surface area contributed by atoms with Gasteiger partial charge in [-0.05, 0) is 53.8 Å². The number of sulfonamides is 1. The van der Waals surface area contributed by atoms with Crippen LogP contribution in [0.2, 0.25) is 0 Å². The monoisotopic (exact) mass is 473 g/mol. The lowest BCUT2D eigenvalue weighted by molar-refractivity contribution is -0.144. The van der Waals surface area contributed by atoms with Gasteiger partial charge in [-0.25, -0.2) is 8.42 Å². The molecule has 2 rings (SSSR count). The van der Waals surface area contributed by atoms with Crippen LogP contribution in [-0.2, 0) is 19.6 Å². The molecule has 1 atom stereocenters. The molecule has 0 aliphatic heterocycles. The summed E-state index contributed by atoms with van der Waals surface area (Å²) < 4.78 is 32.3. The van der Waals surface area contributed by atoms with Gasteiger partial charge < -0.3 is 4.74 Å².